The summed E-state index contributed by atoms with van der Waals surface area (Å²) in [7, 11) is 0. The molecule has 0 bridgehead atoms. The first-order chi connectivity index (χ1) is 8.68. The van der Waals surface area contributed by atoms with E-state index in [2.05, 4.69) is 0 Å². The van der Waals surface area contributed by atoms with Crippen molar-refractivity contribution in [2.24, 2.45) is 0 Å². The number of ether oxygens (including phenoxy) is 1. The molecular formula is C13H15NO4. The second kappa shape index (κ2) is 5.53. The Bertz CT molecular complexity index is 432. The van der Waals surface area contributed by atoms with Gasteiger partial charge in [-0.15, -0.1) is 0 Å². The van der Waals surface area contributed by atoms with E-state index >= 15 is 0 Å². The standard InChI is InChI=1S/C13H15NO4/c15-12(16)11-6-8-14(11)13(17)18-9-7-10-4-2-1-3-5-10/h1-5,11H,6-9H2,(H,15,16)/t11-/m0/s1. The van der Waals surface area contributed by atoms with Crippen molar-refractivity contribution in [3.63, 3.8) is 0 Å². The molecule has 5 heteroatoms. The van der Waals surface area contributed by atoms with Crippen LogP contribution in [0.25, 0.3) is 0 Å². The molecule has 1 aliphatic rings. The van der Waals surface area contributed by atoms with Gasteiger partial charge in [0, 0.05) is 13.0 Å². The number of carbonyl (C=O) groups is 2. The topological polar surface area (TPSA) is 66.8 Å². The van der Waals surface area contributed by atoms with Gasteiger partial charge >= 0.3 is 12.1 Å². The molecule has 0 spiro atoms. The third-order valence-corrected chi connectivity index (χ3v) is 3.00. The predicted octanol–water partition coefficient (Wildman–Crippen LogP) is 1.52. The number of hydrogen-bond acceptors (Lipinski definition) is 3. The van der Waals surface area contributed by atoms with Gasteiger partial charge in [-0.2, -0.15) is 0 Å². The molecule has 0 saturated carbocycles. The van der Waals surface area contributed by atoms with Crippen LogP contribution in [0.5, 0.6) is 0 Å². The maximum atomic E-state index is 11.6. The van der Waals surface area contributed by atoms with Crippen LogP contribution < -0.4 is 0 Å². The Kier molecular flexibility index (Phi) is 3.82. The van der Waals surface area contributed by atoms with Crippen LogP contribution in [0.15, 0.2) is 30.3 Å². The van der Waals surface area contributed by atoms with E-state index in [9.17, 15) is 9.59 Å². The van der Waals surface area contributed by atoms with Crippen molar-refractivity contribution in [3.8, 4) is 0 Å². The van der Waals surface area contributed by atoms with Crippen molar-refractivity contribution in [1.29, 1.82) is 0 Å². The average molecular weight is 249 g/mol. The van der Waals surface area contributed by atoms with Gasteiger partial charge in [-0.3, -0.25) is 4.90 Å². The fraction of sp³-hybridized carbons (Fsp3) is 0.385. The van der Waals surface area contributed by atoms with E-state index in [1.54, 1.807) is 0 Å². The van der Waals surface area contributed by atoms with E-state index in [0.29, 0.717) is 19.4 Å². The largest absolute Gasteiger partial charge is 0.480 e. The smallest absolute Gasteiger partial charge is 0.410 e. The van der Waals surface area contributed by atoms with Crippen molar-refractivity contribution in [1.82, 2.24) is 4.90 Å². The fourth-order valence-electron chi connectivity index (χ4n) is 1.85. The second-order valence-corrected chi connectivity index (χ2v) is 4.19. The Balaban J connectivity index is 1.74. The van der Waals surface area contributed by atoms with Crippen molar-refractivity contribution in [2.45, 2.75) is 18.9 Å². The highest BCUT2D eigenvalue weighted by Gasteiger charge is 2.38. The summed E-state index contributed by atoms with van der Waals surface area (Å²) in [4.78, 5) is 23.6. The van der Waals surface area contributed by atoms with Crippen LogP contribution in [0.1, 0.15) is 12.0 Å². The number of carboxylic acid groups (broad SMARTS) is 1. The van der Waals surface area contributed by atoms with Gasteiger partial charge in [0.1, 0.15) is 6.04 Å². The lowest BCUT2D eigenvalue weighted by atomic mass is 10.1. The summed E-state index contributed by atoms with van der Waals surface area (Å²) >= 11 is 0. The van der Waals surface area contributed by atoms with E-state index < -0.39 is 18.1 Å². The van der Waals surface area contributed by atoms with Gasteiger partial charge in [0.2, 0.25) is 0 Å². The first-order valence-corrected chi connectivity index (χ1v) is 5.88. The highest BCUT2D eigenvalue weighted by molar-refractivity contribution is 5.81. The van der Waals surface area contributed by atoms with Gasteiger partial charge in [-0.05, 0) is 12.0 Å². The Morgan fingerprint density at radius 2 is 2.06 bits per heavy atom. The minimum Gasteiger partial charge on any atom is -0.480 e. The molecule has 2 rings (SSSR count). The Morgan fingerprint density at radius 3 is 2.61 bits per heavy atom. The van der Waals surface area contributed by atoms with Crippen molar-refractivity contribution in [3.05, 3.63) is 35.9 Å². The quantitative estimate of drug-likeness (QED) is 0.878. The lowest BCUT2D eigenvalue weighted by Gasteiger charge is -2.36. The zero-order valence-electron chi connectivity index (χ0n) is 9.91. The van der Waals surface area contributed by atoms with Gasteiger partial charge < -0.3 is 9.84 Å². The number of carboxylic acids is 1. The summed E-state index contributed by atoms with van der Waals surface area (Å²) < 4.78 is 5.05. The van der Waals surface area contributed by atoms with Crippen LogP contribution in [0.3, 0.4) is 0 Å². The Hall–Kier alpha value is -2.04. The number of nitrogens with zero attached hydrogens (tertiary/aromatic N) is 1. The van der Waals surface area contributed by atoms with Crippen LogP contribution in [-0.4, -0.2) is 41.3 Å². The predicted molar refractivity (Wildman–Crippen MR) is 64.2 cm³/mol. The van der Waals surface area contributed by atoms with Crippen molar-refractivity contribution >= 4 is 12.1 Å². The highest BCUT2D eigenvalue weighted by Crippen LogP contribution is 2.18. The summed E-state index contributed by atoms with van der Waals surface area (Å²) in [5, 5.41) is 8.81. The maximum Gasteiger partial charge on any atom is 0.410 e. The van der Waals surface area contributed by atoms with E-state index in [1.807, 2.05) is 30.3 Å². The molecule has 0 radical (unpaired) electrons. The normalized spacial score (nSPS) is 18.0. The SMILES string of the molecule is O=C(O)[C@@H]1CCN1C(=O)OCCc1ccccc1. The van der Waals surface area contributed by atoms with E-state index in [1.165, 1.54) is 4.90 Å². The molecule has 5 nitrogen and oxygen atoms in total. The van der Waals surface area contributed by atoms with E-state index in [4.69, 9.17) is 9.84 Å². The molecule has 1 atom stereocenters. The Labute approximate surface area is 105 Å². The molecule has 0 aromatic heterocycles. The fourth-order valence-corrected chi connectivity index (χ4v) is 1.85. The molecule has 1 fully saturated rings. The highest BCUT2D eigenvalue weighted by atomic mass is 16.6. The molecule has 1 aliphatic heterocycles. The van der Waals surface area contributed by atoms with Crippen molar-refractivity contribution < 1.29 is 19.4 Å². The number of rotatable bonds is 4. The first-order valence-electron chi connectivity index (χ1n) is 5.88. The minimum absolute atomic E-state index is 0.270. The van der Waals surface area contributed by atoms with Crippen LogP contribution in [0, 0.1) is 0 Å². The van der Waals surface area contributed by atoms with E-state index in [-0.39, 0.29) is 6.61 Å². The summed E-state index contributed by atoms with van der Waals surface area (Å²) in [6, 6.07) is 8.97. The molecule has 0 unspecified atom stereocenters. The first kappa shape index (κ1) is 12.4. The second-order valence-electron chi connectivity index (χ2n) is 4.19. The van der Waals surface area contributed by atoms with Crippen LogP contribution in [0.4, 0.5) is 4.79 Å². The molecule has 1 heterocycles. The van der Waals surface area contributed by atoms with Crippen molar-refractivity contribution in [2.75, 3.05) is 13.2 Å². The third kappa shape index (κ3) is 2.80. The number of carbonyl (C=O) groups excluding carboxylic acids is 1. The zero-order chi connectivity index (χ0) is 13.0. The molecule has 1 N–H and O–H groups in total. The molecular weight excluding hydrogens is 234 g/mol. The Morgan fingerprint density at radius 1 is 1.33 bits per heavy atom. The summed E-state index contributed by atoms with van der Waals surface area (Å²) in [6.45, 7) is 0.729. The number of aliphatic carboxylic acids is 1. The monoisotopic (exact) mass is 249 g/mol. The van der Waals surface area contributed by atoms with Gasteiger partial charge in [0.25, 0.3) is 0 Å². The molecule has 1 saturated heterocycles. The molecule has 1 aromatic rings. The lowest BCUT2D eigenvalue weighted by molar-refractivity contribution is -0.146. The number of hydrogen-bond donors (Lipinski definition) is 1. The number of benzene rings is 1. The van der Waals surface area contributed by atoms with Gasteiger partial charge in [0.15, 0.2) is 0 Å². The number of likely N-dealkylation sites (tertiary alicyclic amines) is 1. The van der Waals surface area contributed by atoms with Crippen LogP contribution >= 0.6 is 0 Å². The molecule has 18 heavy (non-hydrogen) atoms. The lowest BCUT2D eigenvalue weighted by Crippen LogP contribution is -2.55. The van der Waals surface area contributed by atoms with E-state index in [0.717, 1.165) is 5.56 Å². The summed E-state index contributed by atoms with van der Waals surface area (Å²) in [5.74, 6) is -0.971. The van der Waals surface area contributed by atoms with Gasteiger partial charge in [0.05, 0.1) is 6.61 Å². The summed E-state index contributed by atoms with van der Waals surface area (Å²) in [6.07, 6.45) is 0.603. The van der Waals surface area contributed by atoms with Gasteiger partial charge in [-0.25, -0.2) is 9.59 Å². The minimum atomic E-state index is -0.971. The zero-order valence-corrected chi connectivity index (χ0v) is 9.91. The molecule has 96 valence electrons. The molecule has 0 aliphatic carbocycles. The van der Waals surface area contributed by atoms with Crippen LogP contribution in [-0.2, 0) is 16.0 Å². The van der Waals surface area contributed by atoms with Crippen LogP contribution in [0.2, 0.25) is 0 Å². The molecule has 1 amide bonds. The average Bonchev–Trinajstić information content (AvgIpc) is 2.28. The number of amides is 1. The maximum absolute atomic E-state index is 11.6. The molecule has 1 aromatic carbocycles. The third-order valence-electron chi connectivity index (χ3n) is 3.00. The summed E-state index contributed by atoms with van der Waals surface area (Å²) in [5.41, 5.74) is 1.09. The van der Waals surface area contributed by atoms with Gasteiger partial charge in [-0.1, -0.05) is 30.3 Å².